The van der Waals surface area contributed by atoms with Gasteiger partial charge in [0.2, 0.25) is 0 Å². The Bertz CT molecular complexity index is 431. The molecule has 0 radical (unpaired) electrons. The number of alkyl halides is 5. The van der Waals surface area contributed by atoms with E-state index in [1.807, 2.05) is 0 Å². The van der Waals surface area contributed by atoms with E-state index < -0.39 is 41.7 Å². The third-order valence-electron chi connectivity index (χ3n) is 2.32. The molecule has 1 aromatic carbocycles. The monoisotopic (exact) mass is 273 g/mol. The standard InChI is InChI=1S/C10H9F6NO/c11-7-2-1-5(3-6(7)10(14,15)16)8(17)9(12,13)4-18/h1-3,8,18H,4,17H2/t8-/m1/s1. The van der Waals surface area contributed by atoms with Crippen molar-refractivity contribution in [1.29, 1.82) is 0 Å². The van der Waals surface area contributed by atoms with Crippen molar-refractivity contribution in [3.05, 3.63) is 35.1 Å². The summed E-state index contributed by atoms with van der Waals surface area (Å²) >= 11 is 0. The van der Waals surface area contributed by atoms with Crippen LogP contribution in [0.2, 0.25) is 0 Å². The lowest BCUT2D eigenvalue weighted by Gasteiger charge is -2.22. The van der Waals surface area contributed by atoms with E-state index in [1.165, 1.54) is 0 Å². The lowest BCUT2D eigenvalue weighted by Crippen LogP contribution is -2.36. The van der Waals surface area contributed by atoms with Gasteiger partial charge in [-0.3, -0.25) is 0 Å². The van der Waals surface area contributed by atoms with Crippen molar-refractivity contribution >= 4 is 0 Å². The Morgan fingerprint density at radius 1 is 1.17 bits per heavy atom. The van der Waals surface area contributed by atoms with E-state index in [0.29, 0.717) is 6.07 Å². The Labute approximate surface area is 98.0 Å². The summed E-state index contributed by atoms with van der Waals surface area (Å²) < 4.78 is 76.0. The lowest BCUT2D eigenvalue weighted by molar-refractivity contribution is -0.140. The molecule has 0 aliphatic heterocycles. The van der Waals surface area contributed by atoms with E-state index in [4.69, 9.17) is 10.8 Å². The lowest BCUT2D eigenvalue weighted by atomic mass is 9.99. The summed E-state index contributed by atoms with van der Waals surface area (Å²) in [5, 5.41) is 8.38. The van der Waals surface area contributed by atoms with Gasteiger partial charge in [0.15, 0.2) is 0 Å². The van der Waals surface area contributed by atoms with Crippen LogP contribution in [0.5, 0.6) is 0 Å². The fourth-order valence-corrected chi connectivity index (χ4v) is 1.30. The molecule has 0 saturated carbocycles. The highest BCUT2D eigenvalue weighted by Crippen LogP contribution is 2.35. The molecule has 0 spiro atoms. The summed E-state index contributed by atoms with van der Waals surface area (Å²) in [5.74, 6) is -5.37. The zero-order chi connectivity index (χ0) is 14.1. The van der Waals surface area contributed by atoms with Crippen molar-refractivity contribution in [2.45, 2.75) is 18.1 Å². The molecular formula is C10H9F6NO. The fourth-order valence-electron chi connectivity index (χ4n) is 1.30. The molecule has 3 N–H and O–H groups in total. The van der Waals surface area contributed by atoms with Crippen molar-refractivity contribution in [2.75, 3.05) is 6.61 Å². The van der Waals surface area contributed by atoms with E-state index >= 15 is 0 Å². The smallest absolute Gasteiger partial charge is 0.390 e. The van der Waals surface area contributed by atoms with E-state index in [-0.39, 0.29) is 6.07 Å². The molecule has 18 heavy (non-hydrogen) atoms. The Morgan fingerprint density at radius 3 is 2.17 bits per heavy atom. The average molecular weight is 273 g/mol. The summed E-state index contributed by atoms with van der Waals surface area (Å²) in [7, 11) is 0. The molecule has 0 saturated heterocycles. The molecule has 0 fully saturated rings. The van der Waals surface area contributed by atoms with Crippen LogP contribution in [0.4, 0.5) is 26.3 Å². The number of hydrogen-bond acceptors (Lipinski definition) is 2. The number of aliphatic hydroxyl groups is 1. The first-order chi connectivity index (χ1) is 8.09. The Kier molecular flexibility index (Phi) is 3.92. The number of hydrogen-bond donors (Lipinski definition) is 2. The summed E-state index contributed by atoms with van der Waals surface area (Å²) in [6.45, 7) is -1.62. The maximum atomic E-state index is 13.0. The second-order valence-electron chi connectivity index (χ2n) is 3.63. The van der Waals surface area contributed by atoms with E-state index in [0.717, 1.165) is 6.07 Å². The largest absolute Gasteiger partial charge is 0.419 e. The van der Waals surface area contributed by atoms with Crippen LogP contribution >= 0.6 is 0 Å². The van der Waals surface area contributed by atoms with Crippen molar-refractivity contribution in [3.63, 3.8) is 0 Å². The Balaban J connectivity index is 3.21. The summed E-state index contributed by atoms with van der Waals surface area (Å²) in [6, 6.07) is -0.808. The molecule has 0 bridgehead atoms. The first kappa shape index (κ1) is 14.8. The molecule has 0 aromatic heterocycles. The van der Waals surface area contributed by atoms with Crippen molar-refractivity contribution < 1.29 is 31.4 Å². The van der Waals surface area contributed by atoms with E-state index in [2.05, 4.69) is 0 Å². The van der Waals surface area contributed by atoms with Crippen LogP contribution in [0.15, 0.2) is 18.2 Å². The number of halogens is 6. The molecule has 0 unspecified atom stereocenters. The Morgan fingerprint density at radius 2 is 1.72 bits per heavy atom. The normalized spacial score (nSPS) is 14.7. The summed E-state index contributed by atoms with van der Waals surface area (Å²) in [6.07, 6.45) is -5.01. The zero-order valence-electron chi connectivity index (χ0n) is 8.81. The van der Waals surface area contributed by atoms with Crippen molar-refractivity contribution in [2.24, 2.45) is 5.73 Å². The quantitative estimate of drug-likeness (QED) is 0.831. The molecule has 0 amide bonds. The van der Waals surface area contributed by atoms with Crippen molar-refractivity contribution in [1.82, 2.24) is 0 Å². The van der Waals surface area contributed by atoms with Crippen LogP contribution in [0, 0.1) is 5.82 Å². The number of aliphatic hydroxyl groups excluding tert-OH is 1. The molecule has 8 heteroatoms. The highest BCUT2D eigenvalue weighted by Gasteiger charge is 2.40. The van der Waals surface area contributed by atoms with Gasteiger partial charge in [0, 0.05) is 0 Å². The van der Waals surface area contributed by atoms with Gasteiger partial charge in [0.25, 0.3) is 5.92 Å². The third kappa shape index (κ3) is 2.94. The van der Waals surface area contributed by atoms with Gasteiger partial charge in [0.1, 0.15) is 12.4 Å². The molecule has 2 nitrogen and oxygen atoms in total. The van der Waals surface area contributed by atoms with Crippen LogP contribution in [-0.2, 0) is 6.18 Å². The molecule has 1 rings (SSSR count). The SMILES string of the molecule is N[C@H](c1ccc(F)c(C(F)(F)F)c1)C(F)(F)CO. The second kappa shape index (κ2) is 4.77. The van der Waals surface area contributed by atoms with Gasteiger partial charge in [-0.2, -0.15) is 13.2 Å². The molecule has 1 aromatic rings. The van der Waals surface area contributed by atoms with Gasteiger partial charge in [-0.1, -0.05) is 6.07 Å². The molecule has 0 aliphatic rings. The number of rotatable bonds is 3. The van der Waals surface area contributed by atoms with Gasteiger partial charge in [-0.05, 0) is 17.7 Å². The first-order valence-corrected chi connectivity index (χ1v) is 4.70. The van der Waals surface area contributed by atoms with Gasteiger partial charge >= 0.3 is 6.18 Å². The minimum Gasteiger partial charge on any atom is -0.390 e. The second-order valence-corrected chi connectivity index (χ2v) is 3.63. The molecule has 0 aliphatic carbocycles. The molecular weight excluding hydrogens is 264 g/mol. The molecule has 1 atom stereocenters. The highest BCUT2D eigenvalue weighted by molar-refractivity contribution is 5.30. The summed E-state index contributed by atoms with van der Waals surface area (Å²) in [5.41, 5.74) is 2.76. The average Bonchev–Trinajstić information content (AvgIpc) is 2.27. The van der Waals surface area contributed by atoms with Gasteiger partial charge in [0.05, 0.1) is 11.6 Å². The van der Waals surface area contributed by atoms with Gasteiger partial charge in [-0.25, -0.2) is 13.2 Å². The van der Waals surface area contributed by atoms with Crippen LogP contribution < -0.4 is 5.73 Å². The van der Waals surface area contributed by atoms with Crippen LogP contribution in [0.1, 0.15) is 17.2 Å². The predicted molar refractivity (Wildman–Crippen MR) is 50.4 cm³/mol. The van der Waals surface area contributed by atoms with Crippen LogP contribution in [-0.4, -0.2) is 17.6 Å². The topological polar surface area (TPSA) is 46.2 Å². The first-order valence-electron chi connectivity index (χ1n) is 4.70. The fraction of sp³-hybridized carbons (Fsp3) is 0.400. The van der Waals surface area contributed by atoms with E-state index in [9.17, 15) is 26.3 Å². The minimum atomic E-state index is -5.01. The summed E-state index contributed by atoms with van der Waals surface area (Å²) in [4.78, 5) is 0. The minimum absolute atomic E-state index is 0.212. The predicted octanol–water partition coefficient (Wildman–Crippen LogP) is 2.47. The van der Waals surface area contributed by atoms with Crippen LogP contribution in [0.3, 0.4) is 0 Å². The Hall–Kier alpha value is -1.28. The third-order valence-corrected chi connectivity index (χ3v) is 2.32. The number of benzene rings is 1. The molecule has 0 heterocycles. The van der Waals surface area contributed by atoms with Gasteiger partial charge < -0.3 is 10.8 Å². The highest BCUT2D eigenvalue weighted by atomic mass is 19.4. The number of nitrogens with two attached hydrogens (primary N) is 1. The zero-order valence-corrected chi connectivity index (χ0v) is 8.81. The maximum absolute atomic E-state index is 13.0. The van der Waals surface area contributed by atoms with E-state index in [1.54, 1.807) is 0 Å². The van der Waals surface area contributed by atoms with Gasteiger partial charge in [-0.15, -0.1) is 0 Å². The van der Waals surface area contributed by atoms with Crippen LogP contribution in [0.25, 0.3) is 0 Å². The van der Waals surface area contributed by atoms with Crippen molar-refractivity contribution in [3.8, 4) is 0 Å². The molecule has 102 valence electrons. The maximum Gasteiger partial charge on any atom is 0.419 e.